The van der Waals surface area contributed by atoms with Crippen LogP contribution in [0.2, 0.25) is 0 Å². The van der Waals surface area contributed by atoms with Crippen LogP contribution in [0.1, 0.15) is 30.9 Å². The van der Waals surface area contributed by atoms with Gasteiger partial charge in [0.05, 0.1) is 19.8 Å². The molecule has 172 valence electrons. The molecule has 0 bridgehead atoms. The fourth-order valence-electron chi connectivity index (χ4n) is 4.31. The van der Waals surface area contributed by atoms with Crippen molar-refractivity contribution in [1.82, 2.24) is 15.1 Å². The number of nitrogens with one attached hydrogen (secondary N) is 1. The number of morpholine rings is 1. The third-order valence-electron chi connectivity index (χ3n) is 6.04. The molecule has 0 aliphatic carbocycles. The highest BCUT2D eigenvalue weighted by Gasteiger charge is 2.22. The molecule has 2 aromatic carbocycles. The van der Waals surface area contributed by atoms with Gasteiger partial charge in [0.2, 0.25) is 0 Å². The second-order valence-corrected chi connectivity index (χ2v) is 8.50. The van der Waals surface area contributed by atoms with Gasteiger partial charge in [-0.1, -0.05) is 42.5 Å². The van der Waals surface area contributed by atoms with Crippen LogP contribution in [0.4, 0.5) is 0 Å². The molecule has 0 saturated carbocycles. The zero-order valence-corrected chi connectivity index (χ0v) is 19.2. The van der Waals surface area contributed by atoms with Gasteiger partial charge in [-0.25, -0.2) is 4.99 Å². The summed E-state index contributed by atoms with van der Waals surface area (Å²) in [5, 5.41) is 3.48. The number of para-hydroxylation sites is 1. The number of ether oxygens (including phenoxy) is 2. The topological polar surface area (TPSA) is 49.3 Å². The van der Waals surface area contributed by atoms with Crippen LogP contribution in [-0.4, -0.2) is 67.8 Å². The van der Waals surface area contributed by atoms with Crippen LogP contribution in [0, 0.1) is 0 Å². The van der Waals surface area contributed by atoms with Crippen molar-refractivity contribution < 1.29 is 9.47 Å². The molecule has 6 heteroatoms. The van der Waals surface area contributed by atoms with Crippen molar-refractivity contribution in [1.29, 1.82) is 0 Å². The lowest BCUT2D eigenvalue weighted by molar-refractivity contribution is 0.0342. The highest BCUT2D eigenvalue weighted by molar-refractivity contribution is 5.80. The van der Waals surface area contributed by atoms with Crippen molar-refractivity contribution in [2.45, 2.75) is 39.0 Å². The standard InChI is InChI=1S/C26H36N4O2/c1-2-27-26(30-13-11-25(12-14-30)32-24-9-4-3-5-10-24)28-20-22-7-6-8-23(19-22)21-29-15-17-31-18-16-29/h3-10,19,25H,2,11-18,20-21H2,1H3,(H,27,28). The number of nitrogens with zero attached hydrogens (tertiary/aromatic N) is 3. The maximum absolute atomic E-state index is 6.15. The van der Waals surface area contributed by atoms with Gasteiger partial charge in [0, 0.05) is 52.1 Å². The first kappa shape index (κ1) is 22.6. The Balaban J connectivity index is 1.31. The molecule has 2 aliphatic rings. The maximum Gasteiger partial charge on any atom is 0.194 e. The van der Waals surface area contributed by atoms with Gasteiger partial charge in [0.15, 0.2) is 5.96 Å². The molecule has 0 radical (unpaired) electrons. The van der Waals surface area contributed by atoms with Crippen LogP contribution in [0.25, 0.3) is 0 Å². The first-order valence-corrected chi connectivity index (χ1v) is 11.9. The summed E-state index contributed by atoms with van der Waals surface area (Å²) in [6, 6.07) is 19.0. The van der Waals surface area contributed by atoms with Gasteiger partial charge in [-0.3, -0.25) is 4.90 Å². The summed E-state index contributed by atoms with van der Waals surface area (Å²) in [6.45, 7) is 10.3. The number of piperidine rings is 1. The van der Waals surface area contributed by atoms with Crippen molar-refractivity contribution >= 4 is 5.96 Å². The van der Waals surface area contributed by atoms with E-state index >= 15 is 0 Å². The molecule has 32 heavy (non-hydrogen) atoms. The number of hydrogen-bond donors (Lipinski definition) is 1. The van der Waals surface area contributed by atoms with Crippen LogP contribution in [0.15, 0.2) is 59.6 Å². The molecule has 0 amide bonds. The van der Waals surface area contributed by atoms with E-state index < -0.39 is 0 Å². The monoisotopic (exact) mass is 436 g/mol. The Bertz CT molecular complexity index is 844. The van der Waals surface area contributed by atoms with E-state index in [-0.39, 0.29) is 6.10 Å². The van der Waals surface area contributed by atoms with Gasteiger partial charge in [0.25, 0.3) is 0 Å². The summed E-state index contributed by atoms with van der Waals surface area (Å²) in [7, 11) is 0. The zero-order valence-electron chi connectivity index (χ0n) is 19.2. The molecular formula is C26H36N4O2. The number of likely N-dealkylation sites (tertiary alicyclic amines) is 1. The number of rotatable bonds is 7. The molecular weight excluding hydrogens is 400 g/mol. The molecule has 0 spiro atoms. The lowest BCUT2D eigenvalue weighted by atomic mass is 10.1. The molecule has 2 fully saturated rings. The van der Waals surface area contributed by atoms with Gasteiger partial charge < -0.3 is 19.7 Å². The summed E-state index contributed by atoms with van der Waals surface area (Å²) in [4.78, 5) is 9.78. The van der Waals surface area contributed by atoms with Crippen molar-refractivity contribution in [3.05, 3.63) is 65.7 Å². The second kappa shape index (κ2) is 11.9. The summed E-state index contributed by atoms with van der Waals surface area (Å²) in [5.41, 5.74) is 2.61. The minimum absolute atomic E-state index is 0.272. The van der Waals surface area contributed by atoms with E-state index in [9.17, 15) is 0 Å². The highest BCUT2D eigenvalue weighted by atomic mass is 16.5. The van der Waals surface area contributed by atoms with E-state index in [1.54, 1.807) is 0 Å². The van der Waals surface area contributed by atoms with Gasteiger partial charge in [-0.15, -0.1) is 0 Å². The molecule has 4 rings (SSSR count). The Hall–Kier alpha value is -2.57. The summed E-state index contributed by atoms with van der Waals surface area (Å²) in [5.74, 6) is 1.97. The average molecular weight is 437 g/mol. The van der Waals surface area contributed by atoms with E-state index in [1.807, 2.05) is 30.3 Å². The molecule has 6 nitrogen and oxygen atoms in total. The third-order valence-corrected chi connectivity index (χ3v) is 6.04. The molecule has 2 aliphatic heterocycles. The largest absolute Gasteiger partial charge is 0.490 e. The Kier molecular flexibility index (Phi) is 8.40. The fraction of sp³-hybridized carbons (Fsp3) is 0.500. The minimum atomic E-state index is 0.272. The molecule has 2 aromatic rings. The zero-order chi connectivity index (χ0) is 22.0. The van der Waals surface area contributed by atoms with E-state index in [4.69, 9.17) is 14.5 Å². The number of benzene rings is 2. The molecule has 2 heterocycles. The third kappa shape index (κ3) is 6.71. The Morgan fingerprint density at radius 3 is 2.50 bits per heavy atom. The predicted molar refractivity (Wildman–Crippen MR) is 129 cm³/mol. The van der Waals surface area contributed by atoms with Crippen LogP contribution in [-0.2, 0) is 17.8 Å². The summed E-state index contributed by atoms with van der Waals surface area (Å²) >= 11 is 0. The predicted octanol–water partition coefficient (Wildman–Crippen LogP) is 3.53. The van der Waals surface area contributed by atoms with E-state index in [2.05, 4.69) is 46.3 Å². The van der Waals surface area contributed by atoms with Crippen LogP contribution < -0.4 is 10.1 Å². The maximum atomic E-state index is 6.15. The molecule has 1 N–H and O–H groups in total. The van der Waals surface area contributed by atoms with Crippen molar-refractivity contribution in [3.63, 3.8) is 0 Å². The molecule has 0 aromatic heterocycles. The normalized spacial score (nSPS) is 18.5. The second-order valence-electron chi connectivity index (χ2n) is 8.50. The van der Waals surface area contributed by atoms with Gasteiger partial charge >= 0.3 is 0 Å². The first-order valence-electron chi connectivity index (χ1n) is 11.9. The van der Waals surface area contributed by atoms with Crippen LogP contribution in [0.3, 0.4) is 0 Å². The lowest BCUT2D eigenvalue weighted by Crippen LogP contribution is -2.47. The number of aliphatic imine (C=N–C) groups is 1. The first-order chi connectivity index (χ1) is 15.8. The van der Waals surface area contributed by atoms with Crippen molar-refractivity contribution in [3.8, 4) is 5.75 Å². The molecule has 0 atom stereocenters. The van der Waals surface area contributed by atoms with E-state index in [1.165, 1.54) is 11.1 Å². The number of guanidine groups is 1. The smallest absolute Gasteiger partial charge is 0.194 e. The van der Waals surface area contributed by atoms with E-state index in [0.717, 1.165) is 77.0 Å². The van der Waals surface area contributed by atoms with Gasteiger partial charge in [-0.2, -0.15) is 0 Å². The molecule has 0 unspecified atom stereocenters. The van der Waals surface area contributed by atoms with E-state index in [0.29, 0.717) is 6.54 Å². The summed E-state index contributed by atoms with van der Waals surface area (Å²) < 4.78 is 11.6. The quantitative estimate of drug-likeness (QED) is 0.532. The van der Waals surface area contributed by atoms with Crippen LogP contribution >= 0.6 is 0 Å². The summed E-state index contributed by atoms with van der Waals surface area (Å²) in [6.07, 6.45) is 2.29. The average Bonchev–Trinajstić information content (AvgIpc) is 2.84. The Labute approximate surface area is 192 Å². The Morgan fingerprint density at radius 1 is 1.00 bits per heavy atom. The van der Waals surface area contributed by atoms with Crippen molar-refractivity contribution in [2.75, 3.05) is 45.9 Å². The SMILES string of the molecule is CCNC(=NCc1cccc(CN2CCOCC2)c1)N1CCC(Oc2ccccc2)CC1. The van der Waals surface area contributed by atoms with Crippen LogP contribution in [0.5, 0.6) is 5.75 Å². The van der Waals surface area contributed by atoms with Crippen molar-refractivity contribution in [2.24, 2.45) is 4.99 Å². The molecule has 2 saturated heterocycles. The highest BCUT2D eigenvalue weighted by Crippen LogP contribution is 2.19. The minimum Gasteiger partial charge on any atom is -0.490 e. The number of hydrogen-bond acceptors (Lipinski definition) is 4. The lowest BCUT2D eigenvalue weighted by Gasteiger charge is -2.34. The van der Waals surface area contributed by atoms with Gasteiger partial charge in [-0.05, 0) is 30.2 Å². The Morgan fingerprint density at radius 2 is 1.75 bits per heavy atom. The van der Waals surface area contributed by atoms with Gasteiger partial charge in [0.1, 0.15) is 11.9 Å². The fourth-order valence-corrected chi connectivity index (χ4v) is 4.31.